The van der Waals surface area contributed by atoms with Crippen LogP contribution in [0.1, 0.15) is 40.4 Å². The Bertz CT molecular complexity index is 1140. The summed E-state index contributed by atoms with van der Waals surface area (Å²) in [6.45, 7) is 4.67. The van der Waals surface area contributed by atoms with Crippen LogP contribution in [0.2, 0.25) is 5.02 Å². The Hall–Kier alpha value is -2.86. The van der Waals surface area contributed by atoms with Gasteiger partial charge in [-0.3, -0.25) is 14.5 Å². The zero-order valence-corrected chi connectivity index (χ0v) is 18.0. The molecule has 2 bridgehead atoms. The van der Waals surface area contributed by atoms with Gasteiger partial charge in [0.15, 0.2) is 5.75 Å². The second kappa shape index (κ2) is 7.13. The molecule has 6 nitrogen and oxygen atoms in total. The molecule has 30 heavy (non-hydrogen) atoms. The van der Waals surface area contributed by atoms with Crippen molar-refractivity contribution >= 4 is 17.5 Å². The number of rotatable bonds is 3. The molecule has 2 atom stereocenters. The molecule has 0 radical (unpaired) electrons. The van der Waals surface area contributed by atoms with Crippen LogP contribution in [-0.2, 0) is 13.5 Å². The van der Waals surface area contributed by atoms with E-state index in [1.807, 2.05) is 43.4 Å². The van der Waals surface area contributed by atoms with E-state index >= 15 is 0 Å². The second-order valence-electron chi connectivity index (χ2n) is 8.26. The average Bonchev–Trinajstić information content (AvgIpc) is 3.29. The fourth-order valence-electron chi connectivity index (χ4n) is 4.38. The third-order valence-electron chi connectivity index (χ3n) is 6.11. The van der Waals surface area contributed by atoms with Crippen molar-refractivity contribution in [2.24, 2.45) is 7.05 Å². The van der Waals surface area contributed by atoms with Gasteiger partial charge in [-0.15, -0.1) is 0 Å². The third kappa shape index (κ3) is 3.16. The van der Waals surface area contributed by atoms with Gasteiger partial charge in [0.2, 0.25) is 0 Å². The Morgan fingerprint density at radius 3 is 2.83 bits per heavy atom. The molecule has 1 aromatic carbocycles. The van der Waals surface area contributed by atoms with Gasteiger partial charge in [-0.1, -0.05) is 17.7 Å². The van der Waals surface area contributed by atoms with Crippen molar-refractivity contribution in [1.29, 1.82) is 0 Å². The highest BCUT2D eigenvalue weighted by atomic mass is 35.5. The smallest absolute Gasteiger partial charge is 0.258 e. The standard InChI is InChI=1S/C23H23ClN4O2/c1-13-6-18-12-28(13)23(29)19-8-16(14(2)21(24)22(19)30-18)7-15-4-5-20(25-9-15)17-10-26-27(3)11-17/h4-5,8-11,13,18H,6-7,12H2,1-3H3/t13-,18-/m1/s1. The molecule has 1 fully saturated rings. The van der Waals surface area contributed by atoms with Crippen molar-refractivity contribution in [3.05, 3.63) is 64.1 Å². The first-order valence-electron chi connectivity index (χ1n) is 10.1. The van der Waals surface area contributed by atoms with E-state index in [2.05, 4.69) is 23.1 Å². The molecule has 2 aliphatic heterocycles. The van der Waals surface area contributed by atoms with Crippen LogP contribution in [0.25, 0.3) is 11.3 Å². The number of fused-ring (bicyclic) bond motifs is 3. The van der Waals surface area contributed by atoms with E-state index in [0.29, 0.717) is 29.3 Å². The van der Waals surface area contributed by atoms with Gasteiger partial charge in [0.1, 0.15) is 6.10 Å². The molecule has 4 heterocycles. The lowest BCUT2D eigenvalue weighted by molar-refractivity contribution is 0.0748. The first-order valence-corrected chi connectivity index (χ1v) is 10.5. The molecule has 2 aromatic heterocycles. The Labute approximate surface area is 180 Å². The largest absolute Gasteiger partial charge is 0.486 e. The van der Waals surface area contributed by atoms with Gasteiger partial charge in [0.25, 0.3) is 5.91 Å². The van der Waals surface area contributed by atoms with Crippen LogP contribution < -0.4 is 4.74 Å². The van der Waals surface area contributed by atoms with Crippen molar-refractivity contribution in [1.82, 2.24) is 19.7 Å². The van der Waals surface area contributed by atoms with E-state index in [4.69, 9.17) is 16.3 Å². The Kier molecular flexibility index (Phi) is 4.54. The van der Waals surface area contributed by atoms with Gasteiger partial charge in [0, 0.05) is 37.5 Å². The Balaban J connectivity index is 1.47. The lowest BCUT2D eigenvalue weighted by Crippen LogP contribution is -2.33. The maximum atomic E-state index is 13.1. The van der Waals surface area contributed by atoms with E-state index in [9.17, 15) is 4.79 Å². The highest BCUT2D eigenvalue weighted by Gasteiger charge is 2.40. The number of pyridine rings is 1. The summed E-state index contributed by atoms with van der Waals surface area (Å²) in [6, 6.07) is 6.18. The molecule has 5 rings (SSSR count). The van der Waals surface area contributed by atoms with Crippen molar-refractivity contribution in [3.63, 3.8) is 0 Å². The SMILES string of the molecule is Cc1c(Cc2ccc(-c3cnn(C)c3)nc2)cc2c(c1Cl)O[C@@H]1C[C@@H](C)N(C1)C2=O. The quantitative estimate of drug-likeness (QED) is 0.639. The molecule has 2 aliphatic rings. The molecule has 0 N–H and O–H groups in total. The van der Waals surface area contributed by atoms with Gasteiger partial charge in [-0.25, -0.2) is 0 Å². The predicted octanol–water partition coefficient (Wildman–Crippen LogP) is 4.03. The Morgan fingerprint density at radius 1 is 1.30 bits per heavy atom. The second-order valence-corrected chi connectivity index (χ2v) is 8.64. The number of hydrogen-bond donors (Lipinski definition) is 0. The molecule has 1 saturated heterocycles. The summed E-state index contributed by atoms with van der Waals surface area (Å²) in [7, 11) is 1.89. The number of carbonyl (C=O) groups excluding carboxylic acids is 1. The number of amides is 1. The normalized spacial score (nSPS) is 20.1. The highest BCUT2D eigenvalue weighted by Crippen LogP contribution is 2.40. The average molecular weight is 423 g/mol. The van der Waals surface area contributed by atoms with E-state index in [0.717, 1.165) is 34.4 Å². The first kappa shape index (κ1) is 19.1. The molecule has 0 spiro atoms. The number of aryl methyl sites for hydroxylation is 1. The number of aromatic nitrogens is 3. The highest BCUT2D eigenvalue weighted by molar-refractivity contribution is 6.33. The summed E-state index contributed by atoms with van der Waals surface area (Å²) < 4.78 is 7.92. The summed E-state index contributed by atoms with van der Waals surface area (Å²) in [4.78, 5) is 19.6. The van der Waals surface area contributed by atoms with Gasteiger partial charge >= 0.3 is 0 Å². The lowest BCUT2D eigenvalue weighted by Gasteiger charge is -2.23. The summed E-state index contributed by atoms with van der Waals surface area (Å²) in [6.07, 6.45) is 7.11. The zero-order valence-electron chi connectivity index (χ0n) is 17.2. The molecule has 154 valence electrons. The van der Waals surface area contributed by atoms with Crippen LogP contribution in [0.15, 0.2) is 36.8 Å². The monoisotopic (exact) mass is 422 g/mol. The fourth-order valence-corrected chi connectivity index (χ4v) is 4.65. The minimum absolute atomic E-state index is 0.00528. The first-order chi connectivity index (χ1) is 14.4. The summed E-state index contributed by atoms with van der Waals surface area (Å²) in [5, 5.41) is 4.73. The molecule has 3 aromatic rings. The zero-order chi connectivity index (χ0) is 21.0. The van der Waals surface area contributed by atoms with Crippen LogP contribution in [-0.4, -0.2) is 44.3 Å². The topological polar surface area (TPSA) is 60.2 Å². The summed E-state index contributed by atoms with van der Waals surface area (Å²) in [5.74, 6) is 0.540. The fraction of sp³-hybridized carbons (Fsp3) is 0.348. The molecule has 0 saturated carbocycles. The van der Waals surface area contributed by atoms with Crippen molar-refractivity contribution < 1.29 is 9.53 Å². The van der Waals surface area contributed by atoms with Crippen LogP contribution >= 0.6 is 11.6 Å². The van der Waals surface area contributed by atoms with Crippen molar-refractivity contribution in [2.45, 2.75) is 38.8 Å². The number of halogens is 1. The van der Waals surface area contributed by atoms with E-state index in [1.54, 1.807) is 10.9 Å². The van der Waals surface area contributed by atoms with Gasteiger partial charge in [0.05, 0.1) is 29.0 Å². The number of ether oxygens (including phenoxy) is 1. The van der Waals surface area contributed by atoms with E-state index in [-0.39, 0.29) is 18.1 Å². The molecular weight excluding hydrogens is 400 g/mol. The molecular formula is C23H23ClN4O2. The van der Waals surface area contributed by atoms with Crippen LogP contribution in [0.4, 0.5) is 0 Å². The number of benzene rings is 1. The maximum Gasteiger partial charge on any atom is 0.258 e. The van der Waals surface area contributed by atoms with Crippen LogP contribution in [0.3, 0.4) is 0 Å². The van der Waals surface area contributed by atoms with Crippen molar-refractivity contribution in [2.75, 3.05) is 6.54 Å². The van der Waals surface area contributed by atoms with Crippen molar-refractivity contribution in [3.8, 4) is 17.0 Å². The lowest BCUT2D eigenvalue weighted by atomic mass is 9.97. The molecule has 7 heteroatoms. The minimum Gasteiger partial charge on any atom is -0.486 e. The van der Waals surface area contributed by atoms with Gasteiger partial charge in [-0.2, -0.15) is 5.10 Å². The van der Waals surface area contributed by atoms with E-state index < -0.39 is 0 Å². The van der Waals surface area contributed by atoms with Crippen LogP contribution in [0, 0.1) is 6.92 Å². The third-order valence-corrected chi connectivity index (χ3v) is 6.56. The Morgan fingerprint density at radius 2 is 2.13 bits per heavy atom. The minimum atomic E-state index is 0.00528. The molecule has 1 amide bonds. The molecule has 0 unspecified atom stereocenters. The number of hydrogen-bond acceptors (Lipinski definition) is 4. The number of carbonyl (C=O) groups is 1. The summed E-state index contributed by atoms with van der Waals surface area (Å²) in [5.41, 5.74) is 5.44. The molecule has 0 aliphatic carbocycles. The number of nitrogens with zero attached hydrogens (tertiary/aromatic N) is 4. The van der Waals surface area contributed by atoms with E-state index in [1.165, 1.54) is 0 Å². The van der Waals surface area contributed by atoms with Crippen LogP contribution in [0.5, 0.6) is 5.75 Å². The van der Waals surface area contributed by atoms with Gasteiger partial charge < -0.3 is 9.64 Å². The predicted molar refractivity (Wildman–Crippen MR) is 115 cm³/mol. The summed E-state index contributed by atoms with van der Waals surface area (Å²) >= 11 is 6.68. The van der Waals surface area contributed by atoms with Gasteiger partial charge in [-0.05, 0) is 49.1 Å². The maximum absolute atomic E-state index is 13.1.